The van der Waals surface area contributed by atoms with Crippen LogP contribution < -0.4 is 0 Å². The minimum absolute atomic E-state index is 0.0459. The standard InChI is InChI=1S/C34H52O6/c1-29(2)16-18-34-19-17-32(6)20(26(34)27(29)40-28(34)38)8-9-22-31(5)14-13-23(39-25(37)11-10-24(35)36)30(3,4)21(31)12-15-33(22,32)7/h20-23,26-27H,8-19H2,1-7H3,(H,35,36)/t20-,21-,22-,23-,26-,27+,31+,32-,33-,34-/m1/s1. The fourth-order valence-corrected chi connectivity index (χ4v) is 12.4. The van der Waals surface area contributed by atoms with Gasteiger partial charge in [0.05, 0.1) is 18.3 Å². The molecule has 0 aromatic rings. The van der Waals surface area contributed by atoms with Crippen LogP contribution in [0, 0.1) is 56.2 Å². The number of esters is 2. The summed E-state index contributed by atoms with van der Waals surface area (Å²) < 4.78 is 12.3. The van der Waals surface area contributed by atoms with Crippen molar-refractivity contribution in [1.82, 2.24) is 0 Å². The van der Waals surface area contributed by atoms with Crippen LogP contribution in [-0.4, -0.2) is 35.2 Å². The van der Waals surface area contributed by atoms with E-state index in [1.165, 1.54) is 19.3 Å². The van der Waals surface area contributed by atoms with E-state index in [0.717, 1.165) is 44.9 Å². The molecule has 0 aromatic heterocycles. The maximum absolute atomic E-state index is 13.4. The third-order valence-corrected chi connectivity index (χ3v) is 14.8. The predicted molar refractivity (Wildman–Crippen MR) is 151 cm³/mol. The Balaban J connectivity index is 1.28. The molecule has 0 aromatic carbocycles. The number of fused-ring (bicyclic) bond motifs is 5. The van der Waals surface area contributed by atoms with Crippen molar-refractivity contribution in [2.24, 2.45) is 56.2 Å². The lowest BCUT2D eigenvalue weighted by Gasteiger charge is -2.73. The molecule has 0 spiro atoms. The Morgan fingerprint density at radius 3 is 2.23 bits per heavy atom. The first-order valence-electron chi connectivity index (χ1n) is 16.2. The molecule has 0 radical (unpaired) electrons. The van der Waals surface area contributed by atoms with E-state index < -0.39 is 5.97 Å². The predicted octanol–water partition coefficient (Wildman–Crippen LogP) is 7.18. The van der Waals surface area contributed by atoms with Crippen molar-refractivity contribution in [3.8, 4) is 0 Å². The zero-order chi connectivity index (χ0) is 29.1. The average Bonchev–Trinajstić information content (AvgIpc) is 3.12. The molecule has 10 atom stereocenters. The highest BCUT2D eigenvalue weighted by Gasteiger charge is 2.75. The molecule has 5 aliphatic carbocycles. The first-order chi connectivity index (χ1) is 18.5. The Morgan fingerprint density at radius 2 is 1.52 bits per heavy atom. The van der Waals surface area contributed by atoms with Crippen molar-refractivity contribution in [2.45, 2.75) is 138 Å². The van der Waals surface area contributed by atoms with Gasteiger partial charge in [-0.1, -0.05) is 48.5 Å². The number of carboxylic acids is 1. The number of hydrogen-bond acceptors (Lipinski definition) is 5. The summed E-state index contributed by atoms with van der Waals surface area (Å²) in [6, 6.07) is 0. The number of hydrogen-bond donors (Lipinski definition) is 1. The van der Waals surface area contributed by atoms with Crippen LogP contribution in [0.4, 0.5) is 0 Å². The maximum atomic E-state index is 13.4. The highest BCUT2D eigenvalue weighted by atomic mass is 16.6. The van der Waals surface area contributed by atoms with Gasteiger partial charge in [0, 0.05) is 16.7 Å². The van der Waals surface area contributed by atoms with Gasteiger partial charge in [-0.3, -0.25) is 14.4 Å². The number of aliphatic carboxylic acids is 1. The number of ether oxygens (including phenoxy) is 2. The van der Waals surface area contributed by atoms with Gasteiger partial charge < -0.3 is 14.6 Å². The molecule has 0 unspecified atom stereocenters. The molecule has 1 saturated heterocycles. The molecule has 6 aliphatic rings. The van der Waals surface area contributed by atoms with Crippen LogP contribution in [0.25, 0.3) is 0 Å². The normalized spacial score (nSPS) is 49.9. The summed E-state index contributed by atoms with van der Waals surface area (Å²) in [6.45, 7) is 16.9. The summed E-state index contributed by atoms with van der Waals surface area (Å²) in [5, 5.41) is 9.00. The molecule has 224 valence electrons. The topological polar surface area (TPSA) is 89.9 Å². The van der Waals surface area contributed by atoms with E-state index in [9.17, 15) is 14.4 Å². The van der Waals surface area contributed by atoms with E-state index in [4.69, 9.17) is 14.6 Å². The maximum Gasteiger partial charge on any atom is 0.312 e. The molecule has 1 heterocycles. The van der Waals surface area contributed by atoms with Crippen LogP contribution in [0.2, 0.25) is 0 Å². The lowest BCUT2D eigenvalue weighted by Crippen LogP contribution is -2.68. The van der Waals surface area contributed by atoms with E-state index >= 15 is 0 Å². The molecule has 6 rings (SSSR count). The summed E-state index contributed by atoms with van der Waals surface area (Å²) in [4.78, 5) is 37.0. The van der Waals surface area contributed by atoms with Crippen LogP contribution in [0.15, 0.2) is 0 Å². The second kappa shape index (κ2) is 8.72. The molecule has 5 saturated carbocycles. The number of carboxylic acid groups (broad SMARTS) is 1. The van der Waals surface area contributed by atoms with Crippen molar-refractivity contribution in [2.75, 3.05) is 0 Å². The minimum atomic E-state index is -0.961. The Labute approximate surface area is 240 Å². The Morgan fingerprint density at radius 1 is 0.825 bits per heavy atom. The molecule has 1 N–H and O–H groups in total. The Bertz CT molecular complexity index is 1110. The van der Waals surface area contributed by atoms with E-state index in [1.54, 1.807) is 0 Å². The van der Waals surface area contributed by atoms with Gasteiger partial charge in [-0.15, -0.1) is 0 Å². The minimum Gasteiger partial charge on any atom is -0.481 e. The highest BCUT2D eigenvalue weighted by molar-refractivity contribution is 5.81. The number of rotatable bonds is 4. The fourth-order valence-electron chi connectivity index (χ4n) is 12.4. The summed E-state index contributed by atoms with van der Waals surface area (Å²) >= 11 is 0. The van der Waals surface area contributed by atoms with E-state index in [2.05, 4.69) is 48.5 Å². The van der Waals surface area contributed by atoms with E-state index in [1.807, 2.05) is 0 Å². The summed E-state index contributed by atoms with van der Waals surface area (Å²) in [5.74, 6) is 0.697. The smallest absolute Gasteiger partial charge is 0.312 e. The second-order valence-corrected chi connectivity index (χ2v) is 16.9. The van der Waals surface area contributed by atoms with E-state index in [0.29, 0.717) is 23.7 Å². The fraction of sp³-hybridized carbons (Fsp3) is 0.912. The third kappa shape index (κ3) is 3.55. The third-order valence-electron chi connectivity index (χ3n) is 14.8. The summed E-state index contributed by atoms with van der Waals surface area (Å²) in [5.41, 5.74) is 0.189. The number of carbonyl (C=O) groups excluding carboxylic acids is 2. The first kappa shape index (κ1) is 28.5. The summed E-state index contributed by atoms with van der Waals surface area (Å²) in [7, 11) is 0. The lowest BCUT2D eigenvalue weighted by atomic mass is 9.31. The van der Waals surface area contributed by atoms with Crippen LogP contribution in [-0.2, 0) is 23.9 Å². The number of carbonyl (C=O) groups is 3. The van der Waals surface area contributed by atoms with Crippen molar-refractivity contribution in [3.63, 3.8) is 0 Å². The highest BCUT2D eigenvalue weighted by Crippen LogP contribution is 2.78. The lowest BCUT2D eigenvalue weighted by molar-refractivity contribution is -0.254. The summed E-state index contributed by atoms with van der Waals surface area (Å²) in [6.07, 6.45) is 10.4. The molecule has 2 bridgehead atoms. The van der Waals surface area contributed by atoms with Gasteiger partial charge in [0.2, 0.25) is 0 Å². The average molecular weight is 557 g/mol. The van der Waals surface area contributed by atoms with Crippen molar-refractivity contribution in [1.29, 1.82) is 0 Å². The monoisotopic (exact) mass is 556 g/mol. The zero-order valence-electron chi connectivity index (χ0n) is 25.9. The van der Waals surface area contributed by atoms with Crippen molar-refractivity contribution in [3.05, 3.63) is 0 Å². The van der Waals surface area contributed by atoms with Crippen LogP contribution in [0.1, 0.15) is 126 Å². The molecule has 6 nitrogen and oxygen atoms in total. The molecule has 40 heavy (non-hydrogen) atoms. The molecule has 1 aliphatic heterocycles. The second-order valence-electron chi connectivity index (χ2n) is 16.9. The van der Waals surface area contributed by atoms with Gasteiger partial charge in [-0.25, -0.2) is 0 Å². The Hall–Kier alpha value is -1.59. The zero-order valence-corrected chi connectivity index (χ0v) is 25.9. The van der Waals surface area contributed by atoms with Gasteiger partial charge in [0.1, 0.15) is 12.2 Å². The molecule has 0 amide bonds. The molecular weight excluding hydrogens is 504 g/mol. The quantitative estimate of drug-likeness (QED) is 0.369. The largest absolute Gasteiger partial charge is 0.481 e. The molecule has 6 fully saturated rings. The Kier molecular flexibility index (Phi) is 6.22. The van der Waals surface area contributed by atoms with Crippen LogP contribution in [0.3, 0.4) is 0 Å². The van der Waals surface area contributed by atoms with Crippen molar-refractivity contribution >= 4 is 17.9 Å². The van der Waals surface area contributed by atoms with Crippen LogP contribution >= 0.6 is 0 Å². The SMILES string of the molecule is CC1(C)CC[C@@]23CC[C@]4(C)[C@H](CC[C@@H]5[C@@]6(C)CC[C@@H](OC(=O)CCC(=O)O)C(C)(C)[C@H]6CC[C@]54C)[C@@H]2[C@@H]1OC3=O. The van der Waals surface area contributed by atoms with Crippen molar-refractivity contribution < 1.29 is 29.0 Å². The van der Waals surface area contributed by atoms with Gasteiger partial charge in [0.15, 0.2) is 0 Å². The molecular formula is C34H52O6. The van der Waals surface area contributed by atoms with Crippen LogP contribution in [0.5, 0.6) is 0 Å². The van der Waals surface area contributed by atoms with Gasteiger partial charge in [0.25, 0.3) is 0 Å². The van der Waals surface area contributed by atoms with E-state index in [-0.39, 0.29) is 69.5 Å². The molecule has 6 heteroatoms. The van der Waals surface area contributed by atoms with Gasteiger partial charge >= 0.3 is 17.9 Å². The first-order valence-corrected chi connectivity index (χ1v) is 16.2. The van der Waals surface area contributed by atoms with Gasteiger partial charge in [-0.05, 0) is 98.2 Å². The van der Waals surface area contributed by atoms with Gasteiger partial charge in [-0.2, -0.15) is 0 Å².